The lowest BCUT2D eigenvalue weighted by Gasteiger charge is -2.30. The number of halogens is 1. The summed E-state index contributed by atoms with van der Waals surface area (Å²) in [4.78, 5) is 26.7. The maximum atomic E-state index is 13.0. The molecule has 12 heteroatoms. The summed E-state index contributed by atoms with van der Waals surface area (Å²) in [7, 11) is 7.58. The standard InChI is InChI=1S/C32H39IN8O3/c1-38(2)18-19-44-30-21-29(43-4)26(20-27(30)35-31(42)10-7-13-40-14-16-41(33)17-15-40)37-32-34-12-11-25(36-32)24-22-39(3)28-9-6-5-8-23(24)28/h5-12,20-22H,13-19H2,1-4H3,(H,35,42)(H,34,36,37)/b10-7+. The number of rotatable bonds is 12. The smallest absolute Gasteiger partial charge is 0.248 e. The molecular formula is C32H39IN8O3. The number of amides is 1. The number of likely N-dealkylation sites (N-methyl/N-ethyl adjacent to an activating group) is 1. The number of piperazine rings is 1. The van der Waals surface area contributed by atoms with Crippen molar-refractivity contribution in [3.63, 3.8) is 0 Å². The van der Waals surface area contributed by atoms with Crippen molar-refractivity contribution in [3.8, 4) is 22.8 Å². The molecule has 2 aromatic heterocycles. The normalized spacial score (nSPS) is 14.4. The number of aromatic nitrogens is 3. The molecule has 1 saturated heterocycles. The van der Waals surface area contributed by atoms with Crippen molar-refractivity contribution in [1.29, 1.82) is 0 Å². The average Bonchev–Trinajstić information content (AvgIpc) is 3.35. The number of carbonyl (C=O) groups excluding carboxylic acids is 1. The maximum Gasteiger partial charge on any atom is 0.248 e. The van der Waals surface area contributed by atoms with Crippen molar-refractivity contribution in [2.45, 2.75) is 0 Å². The number of hydrogen-bond acceptors (Lipinski definition) is 9. The van der Waals surface area contributed by atoms with E-state index in [1.54, 1.807) is 31.5 Å². The number of benzene rings is 2. The summed E-state index contributed by atoms with van der Waals surface area (Å²) in [6.07, 6.45) is 7.28. The van der Waals surface area contributed by atoms with E-state index in [1.807, 2.05) is 50.3 Å². The van der Waals surface area contributed by atoms with Crippen LogP contribution in [0.25, 0.3) is 22.2 Å². The first-order valence-electron chi connectivity index (χ1n) is 14.6. The number of para-hydroxylation sites is 1. The van der Waals surface area contributed by atoms with Crippen molar-refractivity contribution in [3.05, 3.63) is 67.0 Å². The summed E-state index contributed by atoms with van der Waals surface area (Å²) in [6.45, 7) is 5.89. The number of nitrogens with one attached hydrogen (secondary N) is 2. The van der Waals surface area contributed by atoms with Gasteiger partial charge < -0.3 is 29.6 Å². The lowest BCUT2D eigenvalue weighted by atomic mass is 10.1. The van der Waals surface area contributed by atoms with Gasteiger partial charge in [0.25, 0.3) is 0 Å². The van der Waals surface area contributed by atoms with Crippen molar-refractivity contribution in [2.75, 3.05) is 77.7 Å². The molecule has 0 bridgehead atoms. The fourth-order valence-corrected chi connectivity index (χ4v) is 5.44. The van der Waals surface area contributed by atoms with Crippen LogP contribution in [0, 0.1) is 0 Å². The number of hydrogen-bond donors (Lipinski definition) is 2. The van der Waals surface area contributed by atoms with Gasteiger partial charge in [0.15, 0.2) is 0 Å². The zero-order valence-corrected chi connectivity index (χ0v) is 27.7. The van der Waals surface area contributed by atoms with Crippen molar-refractivity contribution in [1.82, 2.24) is 27.4 Å². The average molecular weight is 711 g/mol. The van der Waals surface area contributed by atoms with Gasteiger partial charge in [-0.3, -0.25) is 9.69 Å². The van der Waals surface area contributed by atoms with Crippen LogP contribution in [0.1, 0.15) is 0 Å². The minimum atomic E-state index is -0.236. The SMILES string of the molecule is COc1cc(OCCN(C)C)c(NC(=O)/C=C/CN2CCN(I)CC2)cc1Nc1nccc(-c2cn(C)c3ccccc23)n1. The first-order chi connectivity index (χ1) is 21.3. The number of methoxy groups -OCH3 is 1. The number of anilines is 3. The fourth-order valence-electron chi connectivity index (χ4n) is 5.01. The highest BCUT2D eigenvalue weighted by Crippen LogP contribution is 2.38. The summed E-state index contributed by atoms with van der Waals surface area (Å²) in [5.41, 5.74) is 4.05. The molecule has 0 radical (unpaired) electrons. The maximum absolute atomic E-state index is 13.0. The quantitative estimate of drug-likeness (QED) is 0.122. The Morgan fingerprint density at radius 2 is 1.89 bits per heavy atom. The molecule has 0 unspecified atom stereocenters. The monoisotopic (exact) mass is 710 g/mol. The zero-order valence-electron chi connectivity index (χ0n) is 25.6. The molecule has 44 heavy (non-hydrogen) atoms. The van der Waals surface area contributed by atoms with Crippen LogP contribution in [-0.4, -0.2) is 100 Å². The molecule has 11 nitrogen and oxygen atoms in total. The van der Waals surface area contributed by atoms with Crippen molar-refractivity contribution < 1.29 is 14.3 Å². The third-order valence-corrected chi connectivity index (χ3v) is 8.35. The van der Waals surface area contributed by atoms with Gasteiger partial charge in [-0.15, -0.1) is 0 Å². The van der Waals surface area contributed by atoms with E-state index in [0.717, 1.165) is 61.4 Å². The van der Waals surface area contributed by atoms with Crippen LogP contribution < -0.4 is 20.1 Å². The van der Waals surface area contributed by atoms with Gasteiger partial charge in [-0.1, -0.05) is 24.3 Å². The van der Waals surface area contributed by atoms with E-state index in [4.69, 9.17) is 14.5 Å². The lowest BCUT2D eigenvalue weighted by Crippen LogP contribution is -2.42. The van der Waals surface area contributed by atoms with E-state index in [0.29, 0.717) is 35.4 Å². The van der Waals surface area contributed by atoms with Gasteiger partial charge >= 0.3 is 0 Å². The van der Waals surface area contributed by atoms with Gasteiger partial charge in [-0.05, 0) is 32.3 Å². The molecule has 1 aliphatic heterocycles. The summed E-state index contributed by atoms with van der Waals surface area (Å²) in [5, 5.41) is 7.41. The number of nitrogens with zero attached hydrogens (tertiary/aromatic N) is 6. The minimum Gasteiger partial charge on any atom is -0.494 e. The highest BCUT2D eigenvalue weighted by Gasteiger charge is 2.17. The van der Waals surface area contributed by atoms with E-state index >= 15 is 0 Å². The highest BCUT2D eigenvalue weighted by atomic mass is 127. The van der Waals surface area contributed by atoms with Gasteiger partial charge in [0.2, 0.25) is 11.9 Å². The molecule has 5 rings (SSSR count). The van der Waals surface area contributed by atoms with Crippen LogP contribution in [0.3, 0.4) is 0 Å². The molecule has 2 aromatic carbocycles. The first-order valence-corrected chi connectivity index (χ1v) is 15.5. The summed E-state index contributed by atoms with van der Waals surface area (Å²) in [6, 6.07) is 13.7. The predicted molar refractivity (Wildman–Crippen MR) is 184 cm³/mol. The van der Waals surface area contributed by atoms with Gasteiger partial charge in [-0.25, -0.2) is 13.1 Å². The second-order valence-electron chi connectivity index (χ2n) is 10.9. The zero-order chi connectivity index (χ0) is 31.1. The third-order valence-electron chi connectivity index (χ3n) is 7.38. The van der Waals surface area contributed by atoms with E-state index in [1.165, 1.54) is 0 Å². The highest BCUT2D eigenvalue weighted by molar-refractivity contribution is 14.1. The Bertz CT molecular complexity index is 1610. The molecule has 2 N–H and O–H groups in total. The Labute approximate surface area is 272 Å². The Morgan fingerprint density at radius 1 is 1.09 bits per heavy atom. The molecule has 232 valence electrons. The Morgan fingerprint density at radius 3 is 2.66 bits per heavy atom. The van der Waals surface area contributed by atoms with Crippen LogP contribution in [-0.2, 0) is 11.8 Å². The Hall–Kier alpha value is -3.72. The summed E-state index contributed by atoms with van der Waals surface area (Å²) < 4.78 is 16.2. The van der Waals surface area contributed by atoms with Gasteiger partial charge in [0, 0.05) is 110 Å². The van der Waals surface area contributed by atoms with Crippen LogP contribution in [0.2, 0.25) is 0 Å². The molecule has 0 spiro atoms. The topological polar surface area (TPSA) is 100 Å². The number of fused-ring (bicyclic) bond motifs is 1. The first kappa shape index (κ1) is 31.7. The van der Waals surface area contributed by atoms with E-state index < -0.39 is 0 Å². The minimum absolute atomic E-state index is 0.236. The Kier molecular flexibility index (Phi) is 10.7. The van der Waals surface area contributed by atoms with E-state index in [-0.39, 0.29) is 5.91 Å². The number of ether oxygens (including phenoxy) is 2. The largest absolute Gasteiger partial charge is 0.494 e. The van der Waals surface area contributed by atoms with E-state index in [2.05, 4.69) is 69.4 Å². The molecule has 0 aliphatic carbocycles. The number of aryl methyl sites for hydroxylation is 1. The predicted octanol–water partition coefficient (Wildman–Crippen LogP) is 4.79. The van der Waals surface area contributed by atoms with Crippen molar-refractivity contribution >= 4 is 57.0 Å². The summed E-state index contributed by atoms with van der Waals surface area (Å²) in [5.74, 6) is 1.21. The molecule has 1 fully saturated rings. The van der Waals surface area contributed by atoms with Crippen molar-refractivity contribution in [2.24, 2.45) is 7.05 Å². The second-order valence-corrected chi connectivity index (χ2v) is 12.2. The van der Waals surface area contributed by atoms with Gasteiger partial charge in [0.1, 0.15) is 18.1 Å². The Balaban J connectivity index is 1.38. The molecule has 1 aliphatic rings. The van der Waals surface area contributed by atoms with E-state index in [9.17, 15) is 4.79 Å². The van der Waals surface area contributed by atoms with Gasteiger partial charge in [0.05, 0.1) is 24.2 Å². The molecule has 4 aromatic rings. The molecule has 0 atom stereocenters. The number of carbonyl (C=O) groups is 1. The van der Waals surface area contributed by atoms with Crippen LogP contribution in [0.4, 0.5) is 17.3 Å². The third kappa shape index (κ3) is 8.05. The molecule has 3 heterocycles. The molecular weight excluding hydrogens is 671 g/mol. The van der Waals surface area contributed by atoms with Crippen LogP contribution in [0.5, 0.6) is 11.5 Å². The second kappa shape index (κ2) is 14.8. The fraction of sp³-hybridized carbons (Fsp3) is 0.344. The lowest BCUT2D eigenvalue weighted by molar-refractivity contribution is -0.111. The van der Waals surface area contributed by atoms with Gasteiger partial charge in [-0.2, -0.15) is 0 Å². The molecule has 1 amide bonds. The van der Waals surface area contributed by atoms with Crippen LogP contribution >= 0.6 is 22.9 Å². The molecule has 0 saturated carbocycles. The summed E-state index contributed by atoms with van der Waals surface area (Å²) >= 11 is 2.35. The van der Waals surface area contributed by atoms with Crippen LogP contribution in [0.15, 0.2) is 67.0 Å².